The zero-order valence-electron chi connectivity index (χ0n) is 18.5. The highest BCUT2D eigenvalue weighted by molar-refractivity contribution is 6.31. The molecule has 2 aliphatic rings. The number of hydrogen-bond donors (Lipinski definition) is 0. The highest BCUT2D eigenvalue weighted by atomic mass is 35.5. The van der Waals surface area contributed by atoms with Gasteiger partial charge in [-0.15, -0.1) is 6.58 Å². The first-order valence-electron chi connectivity index (χ1n) is 11.1. The molecule has 0 fully saturated rings. The molecule has 1 spiro atoms. The summed E-state index contributed by atoms with van der Waals surface area (Å²) in [4.78, 5) is 45.2. The first kappa shape index (κ1) is 21.4. The summed E-state index contributed by atoms with van der Waals surface area (Å²) < 4.78 is 6.03. The molecule has 2 amide bonds. The van der Waals surface area contributed by atoms with Crippen LogP contribution in [0.1, 0.15) is 27.2 Å². The van der Waals surface area contributed by atoms with Crippen LogP contribution in [0.3, 0.4) is 0 Å². The van der Waals surface area contributed by atoms with Crippen molar-refractivity contribution in [2.75, 3.05) is 11.4 Å². The lowest BCUT2D eigenvalue weighted by Crippen LogP contribution is -2.53. The molecule has 0 saturated heterocycles. The number of amides is 2. The number of rotatable bonds is 4. The van der Waals surface area contributed by atoms with Crippen molar-refractivity contribution in [3.8, 4) is 0 Å². The zero-order chi connectivity index (χ0) is 24.3. The van der Waals surface area contributed by atoms with E-state index in [1.807, 2.05) is 18.2 Å². The highest BCUT2D eigenvalue weighted by Crippen LogP contribution is 2.53. The van der Waals surface area contributed by atoms with Crippen LogP contribution < -0.4 is 10.3 Å². The molecule has 1 aromatic heterocycles. The van der Waals surface area contributed by atoms with Gasteiger partial charge in [-0.3, -0.25) is 14.4 Å². The SMILES string of the molecule is C=CCN1C(=O)C2(c3ccccc31)c1c(oc3ccccc3c1=O)C(=O)N2Cc1ccccc1Cl. The monoisotopic (exact) mass is 482 g/mol. The molecule has 7 heteroatoms. The minimum atomic E-state index is -1.68. The number of carbonyl (C=O) groups excluding carboxylic acids is 2. The van der Waals surface area contributed by atoms with Crippen molar-refractivity contribution in [3.05, 3.63) is 123 Å². The Morgan fingerprint density at radius 2 is 1.66 bits per heavy atom. The van der Waals surface area contributed by atoms with Gasteiger partial charge in [-0.2, -0.15) is 0 Å². The first-order valence-corrected chi connectivity index (χ1v) is 11.5. The van der Waals surface area contributed by atoms with Crippen molar-refractivity contribution in [1.29, 1.82) is 0 Å². The van der Waals surface area contributed by atoms with Gasteiger partial charge in [-0.25, -0.2) is 0 Å². The van der Waals surface area contributed by atoms with Gasteiger partial charge in [0.2, 0.25) is 5.76 Å². The molecule has 1 atom stereocenters. The van der Waals surface area contributed by atoms with Crippen LogP contribution in [0.4, 0.5) is 5.69 Å². The fraction of sp³-hybridized carbons (Fsp3) is 0.107. The Labute approximate surface area is 205 Å². The average molecular weight is 483 g/mol. The molecule has 172 valence electrons. The predicted octanol–water partition coefficient (Wildman–Crippen LogP) is 4.88. The van der Waals surface area contributed by atoms with Crippen molar-refractivity contribution in [1.82, 2.24) is 4.90 Å². The Balaban J connectivity index is 1.72. The lowest BCUT2D eigenvalue weighted by molar-refractivity contribution is -0.126. The summed E-state index contributed by atoms with van der Waals surface area (Å²) in [6.45, 7) is 4.03. The minimum absolute atomic E-state index is 0.0144. The number of nitrogens with zero attached hydrogens (tertiary/aromatic N) is 2. The van der Waals surface area contributed by atoms with E-state index in [-0.39, 0.29) is 24.4 Å². The molecule has 4 aromatic rings. The van der Waals surface area contributed by atoms with Gasteiger partial charge in [-0.1, -0.05) is 66.2 Å². The molecular weight excluding hydrogens is 464 g/mol. The molecule has 0 saturated carbocycles. The molecular formula is C28H19ClN2O4. The summed E-state index contributed by atoms with van der Waals surface area (Å²) in [6.07, 6.45) is 1.62. The largest absolute Gasteiger partial charge is 0.450 e. The van der Waals surface area contributed by atoms with E-state index in [1.165, 1.54) is 4.90 Å². The van der Waals surface area contributed by atoms with Gasteiger partial charge in [0, 0.05) is 23.7 Å². The van der Waals surface area contributed by atoms with Gasteiger partial charge in [0.05, 0.1) is 16.6 Å². The van der Waals surface area contributed by atoms with E-state index in [9.17, 15) is 14.4 Å². The molecule has 3 heterocycles. The molecule has 2 aliphatic heterocycles. The smallest absolute Gasteiger partial charge is 0.291 e. The molecule has 0 N–H and O–H groups in total. The maximum absolute atomic E-state index is 14.3. The van der Waals surface area contributed by atoms with Gasteiger partial charge in [-0.05, 0) is 29.8 Å². The van der Waals surface area contributed by atoms with Crippen LogP contribution in [0.2, 0.25) is 5.02 Å². The van der Waals surface area contributed by atoms with Crippen LogP contribution >= 0.6 is 11.6 Å². The Morgan fingerprint density at radius 3 is 2.46 bits per heavy atom. The van der Waals surface area contributed by atoms with Gasteiger partial charge in [0.25, 0.3) is 11.8 Å². The summed E-state index contributed by atoms with van der Waals surface area (Å²) in [5.41, 5.74) is 0.0664. The van der Waals surface area contributed by atoms with Gasteiger partial charge in [0.15, 0.2) is 11.0 Å². The highest BCUT2D eigenvalue weighted by Gasteiger charge is 2.64. The van der Waals surface area contributed by atoms with Crippen LogP contribution in [-0.2, 0) is 16.9 Å². The molecule has 0 radical (unpaired) electrons. The Morgan fingerprint density at radius 1 is 0.943 bits per heavy atom. The number of fused-ring (bicyclic) bond motifs is 5. The number of benzene rings is 3. The molecule has 3 aromatic carbocycles. The minimum Gasteiger partial charge on any atom is -0.450 e. The summed E-state index contributed by atoms with van der Waals surface area (Å²) in [5.74, 6) is -1.06. The standard InChI is InChI=1S/C28H19ClN2O4/c1-2-15-30-21-13-7-5-11-19(21)28(27(30)34)23-24(32)18-10-4-8-14-22(18)35-25(23)26(33)31(28)16-17-9-3-6-12-20(17)29/h2-14H,1,15-16H2. The number of para-hydroxylation sites is 2. The second kappa shape index (κ2) is 7.68. The molecule has 35 heavy (non-hydrogen) atoms. The average Bonchev–Trinajstić information content (AvgIpc) is 3.26. The third-order valence-electron chi connectivity index (χ3n) is 6.74. The van der Waals surface area contributed by atoms with E-state index < -0.39 is 22.8 Å². The van der Waals surface area contributed by atoms with Gasteiger partial charge >= 0.3 is 0 Å². The van der Waals surface area contributed by atoms with E-state index in [2.05, 4.69) is 6.58 Å². The fourth-order valence-electron chi connectivity index (χ4n) is 5.27. The number of carbonyl (C=O) groups is 2. The summed E-state index contributed by atoms with van der Waals surface area (Å²) >= 11 is 6.46. The van der Waals surface area contributed by atoms with Crippen LogP contribution in [0.5, 0.6) is 0 Å². The Bertz CT molecular complexity index is 1630. The Hall–Kier alpha value is -4.16. The second-order valence-corrected chi connectivity index (χ2v) is 8.95. The van der Waals surface area contributed by atoms with Crippen LogP contribution in [-0.4, -0.2) is 23.3 Å². The lowest BCUT2D eigenvalue weighted by Gasteiger charge is -2.34. The van der Waals surface area contributed by atoms with Crippen molar-refractivity contribution in [2.45, 2.75) is 12.1 Å². The molecule has 0 aliphatic carbocycles. The number of anilines is 1. The summed E-state index contributed by atoms with van der Waals surface area (Å²) in [6, 6.07) is 21.1. The van der Waals surface area contributed by atoms with Crippen molar-refractivity contribution >= 4 is 40.1 Å². The molecule has 6 rings (SSSR count). The number of halogens is 1. The fourth-order valence-corrected chi connectivity index (χ4v) is 5.46. The topological polar surface area (TPSA) is 70.8 Å². The molecule has 0 bridgehead atoms. The van der Waals surface area contributed by atoms with E-state index in [4.69, 9.17) is 16.0 Å². The maximum atomic E-state index is 14.3. The number of hydrogen-bond acceptors (Lipinski definition) is 4. The van der Waals surface area contributed by atoms with E-state index >= 15 is 0 Å². The normalized spacial score (nSPS) is 18.4. The maximum Gasteiger partial charge on any atom is 0.291 e. The van der Waals surface area contributed by atoms with Crippen LogP contribution in [0.15, 0.2) is 94.7 Å². The van der Waals surface area contributed by atoms with Crippen LogP contribution in [0, 0.1) is 0 Å². The van der Waals surface area contributed by atoms with Crippen LogP contribution in [0.25, 0.3) is 11.0 Å². The van der Waals surface area contributed by atoms with Gasteiger partial charge < -0.3 is 14.2 Å². The second-order valence-electron chi connectivity index (χ2n) is 8.55. The predicted molar refractivity (Wildman–Crippen MR) is 134 cm³/mol. The van der Waals surface area contributed by atoms with Gasteiger partial charge in [0.1, 0.15) is 5.58 Å². The van der Waals surface area contributed by atoms with E-state index in [0.29, 0.717) is 32.8 Å². The van der Waals surface area contributed by atoms with E-state index in [0.717, 1.165) is 0 Å². The zero-order valence-corrected chi connectivity index (χ0v) is 19.3. The van der Waals surface area contributed by atoms with Crippen molar-refractivity contribution in [2.24, 2.45) is 0 Å². The quantitative estimate of drug-likeness (QED) is 0.389. The first-order chi connectivity index (χ1) is 17.0. The summed E-state index contributed by atoms with van der Waals surface area (Å²) in [5, 5.41) is 0.767. The van der Waals surface area contributed by atoms with Crippen molar-refractivity contribution < 1.29 is 14.0 Å². The molecule has 6 nitrogen and oxygen atoms in total. The Kier molecular flexibility index (Phi) is 4.69. The third kappa shape index (κ3) is 2.74. The summed E-state index contributed by atoms with van der Waals surface area (Å²) in [7, 11) is 0. The molecule has 1 unspecified atom stereocenters. The van der Waals surface area contributed by atoms with Crippen molar-refractivity contribution in [3.63, 3.8) is 0 Å². The third-order valence-corrected chi connectivity index (χ3v) is 7.11. The lowest BCUT2D eigenvalue weighted by atomic mass is 9.83. The van der Waals surface area contributed by atoms with E-state index in [1.54, 1.807) is 65.6 Å².